The van der Waals surface area contributed by atoms with Gasteiger partial charge < -0.3 is 10.5 Å². The number of nitrogens with two attached hydrogens (primary N) is 1. The lowest BCUT2D eigenvalue weighted by atomic mass is 10.2. The van der Waals surface area contributed by atoms with E-state index in [-0.39, 0.29) is 0 Å². The van der Waals surface area contributed by atoms with Crippen molar-refractivity contribution in [3.63, 3.8) is 0 Å². The summed E-state index contributed by atoms with van der Waals surface area (Å²) in [6.07, 6.45) is 0. The lowest BCUT2D eigenvalue weighted by Crippen LogP contribution is -2.12. The van der Waals surface area contributed by atoms with Crippen LogP contribution in [0.1, 0.15) is 18.1 Å². The largest absolute Gasteiger partial charge is 0.455 e. The molecule has 0 saturated carbocycles. The topological polar surface area (TPSA) is 35.2 Å². The maximum absolute atomic E-state index is 6.02. The van der Waals surface area contributed by atoms with Crippen LogP contribution < -0.4 is 10.5 Å². The van der Waals surface area contributed by atoms with Crippen LogP contribution in [-0.4, -0.2) is 10.7 Å². The van der Waals surface area contributed by atoms with Gasteiger partial charge in [0.2, 0.25) is 0 Å². The number of halogens is 1. The van der Waals surface area contributed by atoms with Crippen molar-refractivity contribution in [1.82, 2.24) is 0 Å². The molecule has 2 N–H and O–H groups in total. The molecular weight excluding hydrogens is 366 g/mol. The molecule has 0 aromatic heterocycles. The number of thiocarbonyl (C=S) groups is 1. The number of hydrogen-bond donors (Lipinski definition) is 1. The molecule has 2 rings (SSSR count). The van der Waals surface area contributed by atoms with E-state index in [0.29, 0.717) is 10.7 Å². The molecule has 0 amide bonds. The van der Waals surface area contributed by atoms with Crippen LogP contribution in [0.25, 0.3) is 0 Å². The number of aryl methyl sites for hydroxylation is 1. The Balaban J connectivity index is 2.43. The third-order valence-corrected chi connectivity index (χ3v) is 4.61. The second kappa shape index (κ2) is 7.29. The summed E-state index contributed by atoms with van der Waals surface area (Å²) in [4.78, 5) is 1.40. The van der Waals surface area contributed by atoms with Gasteiger partial charge in [0.1, 0.15) is 16.5 Å². The first-order valence-corrected chi connectivity index (χ1v) is 8.71. The predicted octanol–water partition coefficient (Wildman–Crippen LogP) is 5.30. The zero-order valence-electron chi connectivity index (χ0n) is 11.9. The summed E-state index contributed by atoms with van der Waals surface area (Å²) >= 11 is 10.4. The summed E-state index contributed by atoms with van der Waals surface area (Å²) in [5.41, 5.74) is 7.85. The van der Waals surface area contributed by atoms with Gasteiger partial charge in [-0.1, -0.05) is 31.3 Å². The van der Waals surface area contributed by atoms with E-state index in [9.17, 15) is 0 Å². The van der Waals surface area contributed by atoms with Crippen LogP contribution in [0.3, 0.4) is 0 Å². The van der Waals surface area contributed by atoms with Gasteiger partial charge >= 0.3 is 0 Å². The Hall–Kier alpha value is -1.04. The summed E-state index contributed by atoms with van der Waals surface area (Å²) in [5.74, 6) is 2.38. The van der Waals surface area contributed by atoms with Crippen molar-refractivity contribution in [3.05, 3.63) is 52.0 Å². The molecule has 0 aliphatic carbocycles. The van der Waals surface area contributed by atoms with Crippen LogP contribution in [0, 0.1) is 6.92 Å². The van der Waals surface area contributed by atoms with Crippen molar-refractivity contribution in [1.29, 1.82) is 0 Å². The van der Waals surface area contributed by atoms with Crippen molar-refractivity contribution in [3.8, 4) is 11.5 Å². The number of benzene rings is 2. The van der Waals surface area contributed by atoms with Crippen molar-refractivity contribution in [2.45, 2.75) is 18.7 Å². The van der Waals surface area contributed by atoms with Crippen molar-refractivity contribution in [2.75, 3.05) is 5.75 Å². The summed E-state index contributed by atoms with van der Waals surface area (Å²) in [7, 11) is 0. The van der Waals surface area contributed by atoms with E-state index in [0.717, 1.165) is 26.4 Å². The van der Waals surface area contributed by atoms with E-state index in [1.54, 1.807) is 11.8 Å². The summed E-state index contributed by atoms with van der Waals surface area (Å²) in [6.45, 7) is 4.13. The second-order valence-corrected chi connectivity index (χ2v) is 7.06. The lowest BCUT2D eigenvalue weighted by Gasteiger charge is -2.15. The monoisotopic (exact) mass is 381 g/mol. The van der Waals surface area contributed by atoms with Gasteiger partial charge in [0, 0.05) is 4.90 Å². The highest BCUT2D eigenvalue weighted by atomic mass is 79.9. The third-order valence-electron chi connectivity index (χ3n) is 2.84. The molecule has 2 aromatic carbocycles. The van der Waals surface area contributed by atoms with Gasteiger partial charge in [0.05, 0.1) is 10.0 Å². The SMILES string of the molecule is CCSc1cccc(Oc2ccc(C)cc2Br)c1C(N)=S. The molecular formula is C16H16BrNOS2. The average Bonchev–Trinajstić information content (AvgIpc) is 2.42. The van der Waals surface area contributed by atoms with Gasteiger partial charge in [0.25, 0.3) is 0 Å². The molecule has 0 aliphatic heterocycles. The molecule has 0 heterocycles. The molecule has 0 atom stereocenters. The molecule has 0 fully saturated rings. The van der Waals surface area contributed by atoms with Crippen LogP contribution in [-0.2, 0) is 0 Å². The van der Waals surface area contributed by atoms with Crippen LogP contribution >= 0.6 is 39.9 Å². The molecule has 5 heteroatoms. The smallest absolute Gasteiger partial charge is 0.141 e. The minimum atomic E-state index is 0.352. The molecule has 0 spiro atoms. The van der Waals surface area contributed by atoms with E-state index in [1.807, 2.05) is 43.3 Å². The molecule has 0 bridgehead atoms. The fourth-order valence-electron chi connectivity index (χ4n) is 1.92. The zero-order valence-corrected chi connectivity index (χ0v) is 15.1. The van der Waals surface area contributed by atoms with Gasteiger partial charge in [-0.25, -0.2) is 0 Å². The average molecular weight is 382 g/mol. The maximum atomic E-state index is 6.02. The summed E-state index contributed by atoms with van der Waals surface area (Å²) in [6, 6.07) is 11.8. The van der Waals surface area contributed by atoms with Gasteiger partial charge in [-0.2, -0.15) is 0 Å². The fourth-order valence-corrected chi connectivity index (χ4v) is 3.61. The summed E-state index contributed by atoms with van der Waals surface area (Å²) < 4.78 is 6.92. The molecule has 0 radical (unpaired) electrons. The minimum Gasteiger partial charge on any atom is -0.455 e. The Bertz CT molecular complexity index is 673. The molecule has 2 nitrogen and oxygen atoms in total. The second-order valence-electron chi connectivity index (χ2n) is 4.46. The Kier molecular flexibility index (Phi) is 5.67. The highest BCUT2D eigenvalue weighted by molar-refractivity contribution is 9.10. The Morgan fingerprint density at radius 3 is 2.67 bits per heavy atom. The van der Waals surface area contributed by atoms with E-state index < -0.39 is 0 Å². The van der Waals surface area contributed by atoms with Crippen molar-refractivity contribution >= 4 is 44.9 Å². The number of thioether (sulfide) groups is 1. The minimum absolute atomic E-state index is 0.352. The lowest BCUT2D eigenvalue weighted by molar-refractivity contribution is 0.477. The fraction of sp³-hybridized carbons (Fsp3) is 0.188. The predicted molar refractivity (Wildman–Crippen MR) is 97.7 cm³/mol. The maximum Gasteiger partial charge on any atom is 0.141 e. The quantitative estimate of drug-likeness (QED) is 0.563. The normalized spacial score (nSPS) is 10.4. The Morgan fingerprint density at radius 2 is 2.05 bits per heavy atom. The highest BCUT2D eigenvalue weighted by Gasteiger charge is 2.14. The van der Waals surface area contributed by atoms with E-state index in [1.165, 1.54) is 5.56 Å². The van der Waals surface area contributed by atoms with Gasteiger partial charge in [-0.15, -0.1) is 11.8 Å². The first-order valence-electron chi connectivity index (χ1n) is 6.52. The molecule has 0 saturated heterocycles. The van der Waals surface area contributed by atoms with Gasteiger partial charge in [-0.05, 0) is 58.4 Å². The molecule has 2 aromatic rings. The van der Waals surface area contributed by atoms with E-state index in [4.69, 9.17) is 22.7 Å². The number of hydrogen-bond acceptors (Lipinski definition) is 3. The van der Waals surface area contributed by atoms with Crippen LogP contribution in [0.2, 0.25) is 0 Å². The van der Waals surface area contributed by atoms with E-state index in [2.05, 4.69) is 22.9 Å². The highest BCUT2D eigenvalue weighted by Crippen LogP contribution is 2.35. The third kappa shape index (κ3) is 3.99. The number of rotatable bonds is 5. The van der Waals surface area contributed by atoms with Crippen LogP contribution in [0.15, 0.2) is 45.8 Å². The molecule has 110 valence electrons. The van der Waals surface area contributed by atoms with Crippen LogP contribution in [0.5, 0.6) is 11.5 Å². The molecule has 0 aliphatic rings. The van der Waals surface area contributed by atoms with Gasteiger partial charge in [-0.3, -0.25) is 0 Å². The molecule has 0 unspecified atom stereocenters. The van der Waals surface area contributed by atoms with Crippen molar-refractivity contribution in [2.24, 2.45) is 5.73 Å². The Labute approximate surface area is 143 Å². The first-order chi connectivity index (χ1) is 10.0. The molecule has 21 heavy (non-hydrogen) atoms. The van der Waals surface area contributed by atoms with E-state index >= 15 is 0 Å². The van der Waals surface area contributed by atoms with Crippen LogP contribution in [0.4, 0.5) is 0 Å². The Morgan fingerprint density at radius 1 is 1.29 bits per heavy atom. The summed E-state index contributed by atoms with van der Waals surface area (Å²) in [5, 5.41) is 0. The van der Waals surface area contributed by atoms with Crippen molar-refractivity contribution < 1.29 is 4.74 Å². The number of ether oxygens (including phenoxy) is 1. The first kappa shape index (κ1) is 16.3. The standard InChI is InChI=1S/C16H16BrNOS2/c1-3-21-14-6-4-5-13(15(14)16(18)20)19-12-8-7-10(2)9-11(12)17/h4-9H,3H2,1-2H3,(H2,18,20). The van der Waals surface area contributed by atoms with Gasteiger partial charge in [0.15, 0.2) is 0 Å². The zero-order chi connectivity index (χ0) is 15.4.